The third-order valence-corrected chi connectivity index (χ3v) is 2.97. The minimum absolute atomic E-state index is 0.449. The normalized spacial score (nSPS) is 10.2. The molecule has 0 bridgehead atoms. The van der Waals surface area contributed by atoms with E-state index in [1.165, 1.54) is 0 Å². The molecule has 92 valence electrons. The molecule has 0 spiro atoms. The van der Waals surface area contributed by atoms with Crippen LogP contribution in [0, 0.1) is 0 Å². The van der Waals surface area contributed by atoms with Gasteiger partial charge in [0.2, 0.25) is 0 Å². The lowest BCUT2D eigenvalue weighted by molar-refractivity contribution is 0.306. The summed E-state index contributed by atoms with van der Waals surface area (Å²) in [5.74, 6) is 0.694. The number of hydrogen-bond acceptors (Lipinski definition) is 3. The van der Waals surface area contributed by atoms with Crippen LogP contribution in [0.25, 0.3) is 0 Å². The Labute approximate surface area is 114 Å². The molecule has 0 aromatic heterocycles. The maximum atomic E-state index is 8.96. The Kier molecular flexibility index (Phi) is 4.41. The van der Waals surface area contributed by atoms with Crippen LogP contribution in [0.1, 0.15) is 5.56 Å². The second kappa shape index (κ2) is 6.04. The Morgan fingerprint density at radius 3 is 2.39 bits per heavy atom. The highest BCUT2D eigenvalue weighted by Gasteiger charge is 2.09. The Bertz CT molecular complexity index is 514. The fourth-order valence-corrected chi connectivity index (χ4v) is 1.98. The van der Waals surface area contributed by atoms with E-state index in [0.29, 0.717) is 17.8 Å². The molecule has 5 heteroatoms. The van der Waals surface area contributed by atoms with E-state index in [-0.39, 0.29) is 0 Å². The van der Waals surface area contributed by atoms with E-state index >= 15 is 0 Å². The fourth-order valence-electron chi connectivity index (χ4n) is 1.53. The van der Waals surface area contributed by atoms with Crippen molar-refractivity contribution in [2.75, 3.05) is 0 Å². The second-order valence-electron chi connectivity index (χ2n) is 3.86. The van der Waals surface area contributed by atoms with E-state index in [4.69, 9.17) is 14.8 Å². The molecule has 0 saturated carbocycles. The largest absolute Gasteiger partial charge is 0.489 e. The average molecular weight is 307 g/mol. The zero-order valence-corrected chi connectivity index (χ0v) is 11.2. The van der Waals surface area contributed by atoms with Crippen LogP contribution in [0.5, 0.6) is 5.75 Å². The third kappa shape index (κ3) is 3.60. The van der Waals surface area contributed by atoms with E-state index in [1.54, 1.807) is 24.3 Å². The molecule has 0 radical (unpaired) electrons. The average Bonchev–Trinajstić information content (AvgIpc) is 2.37. The Morgan fingerprint density at radius 1 is 1.06 bits per heavy atom. The standard InChI is InChI=1S/C13H12BBrO3/c15-12-3-1-2-10(8-12)9-18-13-6-4-11(5-7-13)14(16)17/h1-8,16-17H,9H2. The van der Waals surface area contributed by atoms with Crippen molar-refractivity contribution < 1.29 is 14.8 Å². The first-order chi connectivity index (χ1) is 8.65. The van der Waals surface area contributed by atoms with E-state index in [2.05, 4.69) is 15.9 Å². The van der Waals surface area contributed by atoms with E-state index in [9.17, 15) is 0 Å². The fraction of sp³-hybridized carbons (Fsp3) is 0.0769. The van der Waals surface area contributed by atoms with Crippen LogP contribution in [0.3, 0.4) is 0 Å². The molecule has 0 heterocycles. The van der Waals surface area contributed by atoms with Gasteiger partial charge in [-0.15, -0.1) is 0 Å². The predicted octanol–water partition coefficient (Wildman–Crippen LogP) is 1.71. The molecule has 0 saturated heterocycles. The van der Waals surface area contributed by atoms with Gasteiger partial charge < -0.3 is 14.8 Å². The van der Waals surface area contributed by atoms with Gasteiger partial charge in [0.25, 0.3) is 0 Å². The molecule has 2 aromatic rings. The Morgan fingerprint density at radius 2 is 1.78 bits per heavy atom. The molecule has 2 N–H and O–H groups in total. The molecular formula is C13H12BBrO3. The molecular weight excluding hydrogens is 295 g/mol. The molecule has 0 aliphatic heterocycles. The first-order valence-electron chi connectivity index (χ1n) is 5.48. The molecule has 0 aliphatic carbocycles. The Balaban J connectivity index is 1.98. The highest BCUT2D eigenvalue weighted by Crippen LogP contribution is 2.15. The topological polar surface area (TPSA) is 49.7 Å². The summed E-state index contributed by atoms with van der Waals surface area (Å²) < 4.78 is 6.61. The third-order valence-electron chi connectivity index (χ3n) is 2.47. The smallest absolute Gasteiger partial charge is 0.488 e. The van der Waals surface area contributed by atoms with Gasteiger partial charge in [0.05, 0.1) is 0 Å². The molecule has 2 aromatic carbocycles. The minimum Gasteiger partial charge on any atom is -0.489 e. The number of ether oxygens (including phenoxy) is 1. The molecule has 0 atom stereocenters. The van der Waals surface area contributed by atoms with E-state index < -0.39 is 7.12 Å². The summed E-state index contributed by atoms with van der Waals surface area (Å²) in [6, 6.07) is 14.6. The minimum atomic E-state index is -1.44. The van der Waals surface area contributed by atoms with Gasteiger partial charge >= 0.3 is 7.12 Å². The van der Waals surface area contributed by atoms with Crippen molar-refractivity contribution in [1.82, 2.24) is 0 Å². The predicted molar refractivity (Wildman–Crippen MR) is 74.7 cm³/mol. The van der Waals surface area contributed by atoms with E-state index in [0.717, 1.165) is 10.0 Å². The highest BCUT2D eigenvalue weighted by atomic mass is 79.9. The van der Waals surface area contributed by atoms with Crippen molar-refractivity contribution in [2.24, 2.45) is 0 Å². The van der Waals surface area contributed by atoms with Crippen LogP contribution in [-0.4, -0.2) is 17.2 Å². The van der Waals surface area contributed by atoms with Crippen molar-refractivity contribution in [3.8, 4) is 5.75 Å². The summed E-state index contributed by atoms with van der Waals surface area (Å²) in [6.45, 7) is 0.473. The monoisotopic (exact) mass is 306 g/mol. The van der Waals surface area contributed by atoms with Gasteiger partial charge in [0.15, 0.2) is 0 Å². The molecule has 0 aliphatic rings. The molecule has 2 rings (SSSR count). The van der Waals surface area contributed by atoms with Crippen LogP contribution < -0.4 is 10.2 Å². The summed E-state index contributed by atoms with van der Waals surface area (Å²) >= 11 is 3.40. The van der Waals surface area contributed by atoms with Crippen LogP contribution in [0.15, 0.2) is 53.0 Å². The summed E-state index contributed by atoms with van der Waals surface area (Å²) in [5.41, 5.74) is 1.51. The first kappa shape index (κ1) is 13.1. The van der Waals surface area contributed by atoms with Crippen molar-refractivity contribution in [3.05, 3.63) is 58.6 Å². The van der Waals surface area contributed by atoms with Gasteiger partial charge in [-0.25, -0.2) is 0 Å². The van der Waals surface area contributed by atoms with E-state index in [1.807, 2.05) is 24.3 Å². The summed E-state index contributed by atoms with van der Waals surface area (Å²) in [4.78, 5) is 0. The van der Waals surface area contributed by atoms with Crippen LogP contribution in [0.4, 0.5) is 0 Å². The van der Waals surface area contributed by atoms with Crippen LogP contribution in [-0.2, 0) is 6.61 Å². The Hall–Kier alpha value is -1.30. The van der Waals surface area contributed by atoms with Crippen LogP contribution >= 0.6 is 15.9 Å². The van der Waals surface area contributed by atoms with Crippen molar-refractivity contribution >= 4 is 28.5 Å². The SMILES string of the molecule is OB(O)c1ccc(OCc2cccc(Br)c2)cc1. The lowest BCUT2D eigenvalue weighted by atomic mass is 9.80. The van der Waals surface area contributed by atoms with Crippen LogP contribution in [0.2, 0.25) is 0 Å². The highest BCUT2D eigenvalue weighted by molar-refractivity contribution is 9.10. The first-order valence-corrected chi connectivity index (χ1v) is 6.28. The molecule has 18 heavy (non-hydrogen) atoms. The van der Waals surface area contributed by atoms with Gasteiger partial charge in [-0.1, -0.05) is 40.2 Å². The molecule has 0 unspecified atom stereocenters. The summed E-state index contributed by atoms with van der Waals surface area (Å²) in [6.07, 6.45) is 0. The van der Waals surface area contributed by atoms with Crippen molar-refractivity contribution in [3.63, 3.8) is 0 Å². The van der Waals surface area contributed by atoms with Crippen molar-refractivity contribution in [2.45, 2.75) is 6.61 Å². The zero-order valence-electron chi connectivity index (χ0n) is 9.58. The molecule has 0 fully saturated rings. The maximum Gasteiger partial charge on any atom is 0.488 e. The lowest BCUT2D eigenvalue weighted by Gasteiger charge is -2.07. The number of rotatable bonds is 4. The quantitative estimate of drug-likeness (QED) is 0.846. The van der Waals surface area contributed by atoms with Gasteiger partial charge in [0.1, 0.15) is 12.4 Å². The number of halogens is 1. The summed E-state index contributed by atoms with van der Waals surface area (Å²) in [7, 11) is -1.44. The number of hydrogen-bond donors (Lipinski definition) is 2. The van der Waals surface area contributed by atoms with Gasteiger partial charge in [-0.05, 0) is 35.3 Å². The number of benzene rings is 2. The second-order valence-corrected chi connectivity index (χ2v) is 4.78. The molecule has 0 amide bonds. The van der Waals surface area contributed by atoms with Crippen molar-refractivity contribution in [1.29, 1.82) is 0 Å². The molecule has 3 nitrogen and oxygen atoms in total. The lowest BCUT2D eigenvalue weighted by Crippen LogP contribution is -2.29. The zero-order chi connectivity index (χ0) is 13.0. The summed E-state index contributed by atoms with van der Waals surface area (Å²) in [5, 5.41) is 17.9. The van der Waals surface area contributed by atoms with Gasteiger partial charge in [-0.2, -0.15) is 0 Å². The van der Waals surface area contributed by atoms with Gasteiger partial charge in [0, 0.05) is 4.47 Å². The maximum absolute atomic E-state index is 8.96. The van der Waals surface area contributed by atoms with Gasteiger partial charge in [-0.3, -0.25) is 0 Å².